The van der Waals surface area contributed by atoms with Crippen LogP contribution >= 0.6 is 0 Å². The van der Waals surface area contributed by atoms with Gasteiger partial charge in [0, 0.05) is 6.08 Å². The van der Waals surface area contributed by atoms with Gasteiger partial charge in [0.1, 0.15) is 12.2 Å². The second kappa shape index (κ2) is 6.14. The minimum absolute atomic E-state index is 0.0959. The van der Waals surface area contributed by atoms with E-state index in [1.54, 1.807) is 13.8 Å². The predicted molar refractivity (Wildman–Crippen MR) is 56.4 cm³/mol. The van der Waals surface area contributed by atoms with Crippen LogP contribution in [0.4, 0.5) is 0 Å². The van der Waals surface area contributed by atoms with Crippen molar-refractivity contribution < 1.29 is 19.1 Å². The molecular weight excluding hydrogens is 196 g/mol. The molecule has 0 aromatic rings. The predicted octanol–water partition coefficient (Wildman–Crippen LogP) is 1.27. The molecule has 0 heterocycles. The van der Waals surface area contributed by atoms with Crippen molar-refractivity contribution in [2.45, 2.75) is 19.4 Å². The molecule has 0 aliphatic carbocycles. The van der Waals surface area contributed by atoms with Crippen LogP contribution in [0.25, 0.3) is 0 Å². The average molecular weight is 212 g/mol. The van der Waals surface area contributed by atoms with Gasteiger partial charge in [0.2, 0.25) is 0 Å². The molecule has 0 saturated carbocycles. The molecule has 84 valence electrons. The molecule has 0 aliphatic rings. The zero-order valence-electron chi connectivity index (χ0n) is 9.12. The van der Waals surface area contributed by atoms with Crippen molar-refractivity contribution in [2.24, 2.45) is 0 Å². The maximum Gasteiger partial charge on any atom is 0.330 e. The number of hydrogen-bond donors (Lipinski definition) is 0. The molecule has 0 bridgehead atoms. The summed E-state index contributed by atoms with van der Waals surface area (Å²) in [6.07, 6.45) is 2.27. The number of rotatable bonds is 7. The van der Waals surface area contributed by atoms with Crippen LogP contribution in [0.1, 0.15) is 13.8 Å². The fourth-order valence-electron chi connectivity index (χ4n) is 0.815. The van der Waals surface area contributed by atoms with Gasteiger partial charge in [-0.1, -0.05) is 13.2 Å². The van der Waals surface area contributed by atoms with E-state index >= 15 is 0 Å². The van der Waals surface area contributed by atoms with Crippen LogP contribution in [-0.4, -0.2) is 30.6 Å². The minimum atomic E-state index is -0.928. The van der Waals surface area contributed by atoms with Crippen molar-refractivity contribution in [1.29, 1.82) is 0 Å². The SMILES string of the molecule is C=CC(=O)OCCOC(C)(C)C(=O)C=C. The molecule has 0 aliphatic heterocycles. The maximum atomic E-state index is 11.3. The van der Waals surface area contributed by atoms with E-state index in [-0.39, 0.29) is 19.0 Å². The van der Waals surface area contributed by atoms with Crippen LogP contribution in [0.15, 0.2) is 25.3 Å². The lowest BCUT2D eigenvalue weighted by Crippen LogP contribution is -2.34. The lowest BCUT2D eigenvalue weighted by atomic mass is 10.0. The number of ketones is 1. The number of carbonyl (C=O) groups excluding carboxylic acids is 2. The first kappa shape index (κ1) is 13.6. The summed E-state index contributed by atoms with van der Waals surface area (Å²) in [5.41, 5.74) is -0.928. The van der Waals surface area contributed by atoms with Crippen LogP contribution in [0, 0.1) is 0 Å². The van der Waals surface area contributed by atoms with Crippen LogP contribution < -0.4 is 0 Å². The smallest absolute Gasteiger partial charge is 0.330 e. The van der Waals surface area contributed by atoms with E-state index in [1.807, 2.05) is 0 Å². The highest BCUT2D eigenvalue weighted by Gasteiger charge is 2.25. The molecule has 0 radical (unpaired) electrons. The number of ether oxygens (including phenoxy) is 2. The lowest BCUT2D eigenvalue weighted by Gasteiger charge is -2.21. The Kier molecular flexibility index (Phi) is 5.56. The Morgan fingerprint density at radius 1 is 1.20 bits per heavy atom. The highest BCUT2D eigenvalue weighted by atomic mass is 16.6. The lowest BCUT2D eigenvalue weighted by molar-refractivity contribution is -0.144. The van der Waals surface area contributed by atoms with Gasteiger partial charge in [0.25, 0.3) is 0 Å². The van der Waals surface area contributed by atoms with Crippen molar-refractivity contribution in [3.8, 4) is 0 Å². The van der Waals surface area contributed by atoms with Crippen molar-refractivity contribution in [1.82, 2.24) is 0 Å². The fourth-order valence-corrected chi connectivity index (χ4v) is 0.815. The molecule has 0 aromatic carbocycles. The molecule has 0 aromatic heterocycles. The van der Waals surface area contributed by atoms with Crippen LogP contribution in [0.3, 0.4) is 0 Å². The standard InChI is InChI=1S/C11H16O4/c1-5-9(12)11(3,4)15-8-7-14-10(13)6-2/h5-6H,1-2,7-8H2,3-4H3. The molecule has 0 atom stereocenters. The van der Waals surface area contributed by atoms with Gasteiger partial charge in [-0.2, -0.15) is 0 Å². The van der Waals surface area contributed by atoms with Gasteiger partial charge >= 0.3 is 5.97 Å². The number of carbonyl (C=O) groups is 2. The third-order valence-corrected chi connectivity index (χ3v) is 1.74. The van der Waals surface area contributed by atoms with Gasteiger partial charge < -0.3 is 9.47 Å². The van der Waals surface area contributed by atoms with E-state index in [0.29, 0.717) is 0 Å². The van der Waals surface area contributed by atoms with Crippen LogP contribution in [-0.2, 0) is 19.1 Å². The van der Waals surface area contributed by atoms with Gasteiger partial charge in [-0.05, 0) is 19.9 Å². The number of esters is 1. The van der Waals surface area contributed by atoms with Gasteiger partial charge in [0.05, 0.1) is 6.61 Å². The molecule has 0 spiro atoms. The third kappa shape index (κ3) is 5.12. The van der Waals surface area contributed by atoms with Crippen LogP contribution in [0.5, 0.6) is 0 Å². The van der Waals surface area contributed by atoms with Crippen LogP contribution in [0.2, 0.25) is 0 Å². The third-order valence-electron chi connectivity index (χ3n) is 1.74. The molecule has 0 amide bonds. The first-order chi connectivity index (χ1) is 6.94. The fraction of sp³-hybridized carbons (Fsp3) is 0.455. The van der Waals surface area contributed by atoms with Crippen molar-refractivity contribution in [3.63, 3.8) is 0 Å². The molecule has 0 unspecified atom stereocenters. The van der Waals surface area contributed by atoms with E-state index < -0.39 is 11.6 Å². The van der Waals surface area contributed by atoms with E-state index in [0.717, 1.165) is 6.08 Å². The van der Waals surface area contributed by atoms with Crippen molar-refractivity contribution in [2.75, 3.05) is 13.2 Å². The zero-order chi connectivity index (χ0) is 11.9. The average Bonchev–Trinajstić information content (AvgIpc) is 2.22. The Morgan fingerprint density at radius 2 is 1.80 bits per heavy atom. The second-order valence-corrected chi connectivity index (χ2v) is 3.30. The van der Waals surface area contributed by atoms with Gasteiger partial charge in [-0.15, -0.1) is 0 Å². The highest BCUT2D eigenvalue weighted by Crippen LogP contribution is 2.10. The van der Waals surface area contributed by atoms with Gasteiger partial charge in [0.15, 0.2) is 5.78 Å². The number of hydrogen-bond acceptors (Lipinski definition) is 4. The summed E-state index contributed by atoms with van der Waals surface area (Å²) in [5.74, 6) is -0.719. The summed E-state index contributed by atoms with van der Waals surface area (Å²) in [6, 6.07) is 0. The molecule has 0 saturated heterocycles. The summed E-state index contributed by atoms with van der Waals surface area (Å²) in [6.45, 7) is 10.1. The molecule has 4 heteroatoms. The zero-order valence-corrected chi connectivity index (χ0v) is 9.12. The van der Waals surface area contributed by atoms with Gasteiger partial charge in [-0.3, -0.25) is 4.79 Å². The van der Waals surface area contributed by atoms with E-state index in [9.17, 15) is 9.59 Å². The highest BCUT2D eigenvalue weighted by molar-refractivity contribution is 5.95. The van der Waals surface area contributed by atoms with E-state index in [4.69, 9.17) is 4.74 Å². The first-order valence-electron chi connectivity index (χ1n) is 4.54. The largest absolute Gasteiger partial charge is 0.460 e. The van der Waals surface area contributed by atoms with E-state index in [1.165, 1.54) is 6.08 Å². The Labute approximate surface area is 89.6 Å². The summed E-state index contributed by atoms with van der Waals surface area (Å²) < 4.78 is 9.93. The molecule has 4 nitrogen and oxygen atoms in total. The normalized spacial score (nSPS) is 10.5. The summed E-state index contributed by atoms with van der Waals surface area (Å²) >= 11 is 0. The molecule has 0 fully saturated rings. The van der Waals surface area contributed by atoms with Crippen molar-refractivity contribution >= 4 is 11.8 Å². The Morgan fingerprint density at radius 3 is 2.27 bits per heavy atom. The Bertz CT molecular complexity index is 266. The molecule has 15 heavy (non-hydrogen) atoms. The Hall–Kier alpha value is -1.42. The van der Waals surface area contributed by atoms with Crippen molar-refractivity contribution in [3.05, 3.63) is 25.3 Å². The monoisotopic (exact) mass is 212 g/mol. The summed E-state index contributed by atoms with van der Waals surface area (Å²) in [4.78, 5) is 21.9. The molecule has 0 rings (SSSR count). The second-order valence-electron chi connectivity index (χ2n) is 3.30. The maximum absolute atomic E-state index is 11.3. The van der Waals surface area contributed by atoms with Gasteiger partial charge in [-0.25, -0.2) is 4.79 Å². The quantitative estimate of drug-likeness (QED) is 0.362. The summed E-state index contributed by atoms with van der Waals surface area (Å²) in [5, 5.41) is 0. The Balaban J connectivity index is 3.85. The first-order valence-corrected chi connectivity index (χ1v) is 4.54. The summed E-state index contributed by atoms with van der Waals surface area (Å²) in [7, 11) is 0. The topological polar surface area (TPSA) is 52.6 Å². The van der Waals surface area contributed by atoms with E-state index in [2.05, 4.69) is 17.9 Å². The molecular formula is C11H16O4. The molecule has 0 N–H and O–H groups in total. The minimum Gasteiger partial charge on any atom is -0.460 e.